The summed E-state index contributed by atoms with van der Waals surface area (Å²) < 4.78 is 17.9. The molecule has 3 aliphatic heterocycles. The first-order chi connectivity index (χ1) is 22.6. The molecule has 0 saturated carbocycles. The van der Waals surface area contributed by atoms with Gasteiger partial charge in [0.25, 0.3) is 0 Å². The van der Waals surface area contributed by atoms with E-state index >= 15 is 0 Å². The second-order valence-electron chi connectivity index (χ2n) is 14.1. The van der Waals surface area contributed by atoms with Crippen molar-refractivity contribution in [1.82, 2.24) is 4.90 Å². The molecule has 1 fully saturated rings. The number of nitrogens with zero attached hydrogens (tertiary/aromatic N) is 3. The van der Waals surface area contributed by atoms with Crippen molar-refractivity contribution < 1.29 is 33.4 Å². The standard InChI is InChI=1S/C38H47N3O6/c1-5-6-18-40(30-11-7-9-26(20-30)24-41(2,3)4)35(42)23-39-22-31(28-14-16-33-29(21-28)17-19-45-33)36(38(43)44)32(39)15-13-27-10-8-12-34-37(27)47-25-46-34/h7-12,14,16,20-21,31-32,36H,5-6,13,15,17-19,22-25H2,1-4H3/p+1. The molecule has 47 heavy (non-hydrogen) atoms. The van der Waals surface area contributed by atoms with Crippen molar-refractivity contribution in [3.63, 3.8) is 0 Å². The molecular weight excluding hydrogens is 594 g/mol. The second-order valence-corrected chi connectivity index (χ2v) is 14.1. The van der Waals surface area contributed by atoms with E-state index in [1.807, 2.05) is 47.4 Å². The number of rotatable bonds is 13. The number of benzene rings is 3. The van der Waals surface area contributed by atoms with Gasteiger partial charge in [-0.15, -0.1) is 0 Å². The van der Waals surface area contributed by atoms with Crippen molar-refractivity contribution in [1.29, 1.82) is 0 Å². The number of fused-ring (bicyclic) bond motifs is 2. The predicted octanol–water partition coefficient (Wildman–Crippen LogP) is 5.49. The van der Waals surface area contributed by atoms with Gasteiger partial charge in [0, 0.05) is 42.7 Å². The van der Waals surface area contributed by atoms with Gasteiger partial charge in [0.2, 0.25) is 12.7 Å². The zero-order valence-corrected chi connectivity index (χ0v) is 28.1. The molecule has 3 aromatic carbocycles. The summed E-state index contributed by atoms with van der Waals surface area (Å²) in [6.07, 6.45) is 3.85. The summed E-state index contributed by atoms with van der Waals surface area (Å²) in [6.45, 7) is 5.06. The van der Waals surface area contributed by atoms with Crippen LogP contribution in [0.15, 0.2) is 60.7 Å². The Kier molecular flexibility index (Phi) is 9.75. The number of likely N-dealkylation sites (tertiary alicyclic amines) is 1. The quantitative estimate of drug-likeness (QED) is 0.247. The summed E-state index contributed by atoms with van der Waals surface area (Å²) in [6, 6.07) is 19.9. The van der Waals surface area contributed by atoms with Gasteiger partial charge in [-0.25, -0.2) is 0 Å². The highest BCUT2D eigenvalue weighted by molar-refractivity contribution is 5.95. The number of amides is 1. The minimum atomic E-state index is -0.833. The number of para-hydroxylation sites is 1. The van der Waals surface area contributed by atoms with Crippen molar-refractivity contribution in [3.05, 3.63) is 82.9 Å². The van der Waals surface area contributed by atoms with Crippen LogP contribution in [0.25, 0.3) is 0 Å². The molecule has 6 rings (SSSR count). The van der Waals surface area contributed by atoms with E-state index < -0.39 is 11.9 Å². The molecule has 3 heterocycles. The maximum absolute atomic E-state index is 14.3. The van der Waals surface area contributed by atoms with Crippen molar-refractivity contribution >= 4 is 17.6 Å². The largest absolute Gasteiger partial charge is 0.493 e. The maximum Gasteiger partial charge on any atom is 0.308 e. The van der Waals surface area contributed by atoms with Crippen molar-refractivity contribution in [2.45, 2.75) is 57.5 Å². The van der Waals surface area contributed by atoms with Crippen LogP contribution in [-0.2, 0) is 29.0 Å². The van der Waals surface area contributed by atoms with E-state index in [0.29, 0.717) is 38.3 Å². The van der Waals surface area contributed by atoms with E-state index in [9.17, 15) is 14.7 Å². The molecule has 250 valence electrons. The van der Waals surface area contributed by atoms with Crippen LogP contribution < -0.4 is 19.1 Å². The molecule has 0 aromatic heterocycles. The average Bonchev–Trinajstić information content (AvgIpc) is 3.78. The Balaban J connectivity index is 1.30. The Labute approximate surface area is 278 Å². The highest BCUT2D eigenvalue weighted by Gasteiger charge is 2.47. The van der Waals surface area contributed by atoms with E-state index in [1.54, 1.807) is 0 Å². The molecule has 3 aromatic rings. The third kappa shape index (κ3) is 7.41. The lowest BCUT2D eigenvalue weighted by Crippen LogP contribution is -2.44. The number of carbonyl (C=O) groups is 2. The fourth-order valence-corrected chi connectivity index (χ4v) is 7.46. The Morgan fingerprint density at radius 1 is 1.00 bits per heavy atom. The smallest absolute Gasteiger partial charge is 0.308 e. The number of unbranched alkanes of at least 4 members (excludes halogenated alkanes) is 1. The molecule has 3 unspecified atom stereocenters. The van der Waals surface area contributed by atoms with E-state index in [0.717, 1.165) is 64.2 Å². The fourth-order valence-electron chi connectivity index (χ4n) is 7.46. The molecule has 9 nitrogen and oxygen atoms in total. The molecule has 9 heteroatoms. The molecule has 0 spiro atoms. The lowest BCUT2D eigenvalue weighted by Gasteiger charge is -2.30. The lowest BCUT2D eigenvalue weighted by molar-refractivity contribution is -0.884. The molecule has 1 saturated heterocycles. The minimum Gasteiger partial charge on any atom is -0.493 e. The van der Waals surface area contributed by atoms with Crippen LogP contribution in [-0.4, -0.2) is 86.6 Å². The molecule has 0 bridgehead atoms. The molecular formula is C38H48N3O6+. The number of carbonyl (C=O) groups excluding carboxylic acids is 1. The summed E-state index contributed by atoms with van der Waals surface area (Å²) in [4.78, 5) is 31.5. The van der Waals surface area contributed by atoms with Gasteiger partial charge in [0.05, 0.1) is 40.2 Å². The van der Waals surface area contributed by atoms with Gasteiger partial charge >= 0.3 is 5.97 Å². The molecule has 0 aliphatic carbocycles. The Morgan fingerprint density at radius 2 is 1.83 bits per heavy atom. The second kappa shape index (κ2) is 14.0. The number of hydrogen-bond acceptors (Lipinski definition) is 6. The Morgan fingerprint density at radius 3 is 2.62 bits per heavy atom. The van der Waals surface area contributed by atoms with Gasteiger partial charge in [0.15, 0.2) is 11.5 Å². The van der Waals surface area contributed by atoms with Crippen LogP contribution in [0.2, 0.25) is 0 Å². The van der Waals surface area contributed by atoms with Crippen molar-refractivity contribution in [2.24, 2.45) is 5.92 Å². The highest BCUT2D eigenvalue weighted by atomic mass is 16.7. The summed E-state index contributed by atoms with van der Waals surface area (Å²) in [7, 11) is 6.48. The predicted molar refractivity (Wildman–Crippen MR) is 181 cm³/mol. The summed E-state index contributed by atoms with van der Waals surface area (Å²) >= 11 is 0. The normalized spacial score (nSPS) is 20.2. The molecule has 0 radical (unpaired) electrons. The molecule has 1 amide bonds. The first-order valence-electron chi connectivity index (χ1n) is 16.9. The van der Waals surface area contributed by atoms with Crippen LogP contribution in [0.5, 0.6) is 17.2 Å². The van der Waals surface area contributed by atoms with Gasteiger partial charge in [-0.3, -0.25) is 14.5 Å². The van der Waals surface area contributed by atoms with Gasteiger partial charge in [-0.05, 0) is 60.2 Å². The first kappa shape index (κ1) is 32.8. The van der Waals surface area contributed by atoms with Crippen LogP contribution in [0.1, 0.15) is 54.4 Å². The van der Waals surface area contributed by atoms with E-state index in [-0.39, 0.29) is 31.2 Å². The number of anilines is 1. The SMILES string of the molecule is CCCCN(C(=O)CN1CC(c2ccc3c(c2)CCO3)C(C(=O)O)C1CCc1cccc2c1OCO2)c1cccc(C[N+](C)(C)C)c1. The number of hydrogen-bond donors (Lipinski definition) is 1. The monoisotopic (exact) mass is 642 g/mol. The van der Waals surface area contributed by atoms with E-state index in [2.05, 4.69) is 51.2 Å². The van der Waals surface area contributed by atoms with Crippen LogP contribution in [0.3, 0.4) is 0 Å². The Bertz CT molecular complexity index is 1600. The third-order valence-corrected chi connectivity index (χ3v) is 9.62. The first-order valence-corrected chi connectivity index (χ1v) is 16.9. The molecule has 1 N–H and O–H groups in total. The fraction of sp³-hybridized carbons (Fsp3) is 0.474. The average molecular weight is 643 g/mol. The summed E-state index contributed by atoms with van der Waals surface area (Å²) in [5.74, 6) is 0.559. The Hall–Kier alpha value is -4.08. The topological polar surface area (TPSA) is 88.5 Å². The van der Waals surface area contributed by atoms with E-state index in [4.69, 9.17) is 14.2 Å². The van der Waals surface area contributed by atoms with Gasteiger partial charge < -0.3 is 28.7 Å². The van der Waals surface area contributed by atoms with Gasteiger partial charge in [0.1, 0.15) is 12.3 Å². The van der Waals surface area contributed by atoms with Gasteiger partial charge in [-0.2, -0.15) is 0 Å². The highest BCUT2D eigenvalue weighted by Crippen LogP contribution is 2.43. The minimum absolute atomic E-state index is 0.00433. The van der Waals surface area contributed by atoms with Crippen LogP contribution >= 0.6 is 0 Å². The maximum atomic E-state index is 14.3. The van der Waals surface area contributed by atoms with Gasteiger partial charge in [-0.1, -0.05) is 49.7 Å². The van der Waals surface area contributed by atoms with Crippen molar-refractivity contribution in [2.75, 3.05) is 59.1 Å². The van der Waals surface area contributed by atoms with Crippen LogP contribution in [0.4, 0.5) is 5.69 Å². The van der Waals surface area contributed by atoms with E-state index in [1.165, 1.54) is 5.56 Å². The molecule has 3 atom stereocenters. The number of ether oxygens (including phenoxy) is 3. The zero-order chi connectivity index (χ0) is 33.1. The number of quaternary nitrogens is 1. The number of carboxylic acids is 1. The van der Waals surface area contributed by atoms with Crippen molar-refractivity contribution in [3.8, 4) is 17.2 Å². The third-order valence-electron chi connectivity index (χ3n) is 9.62. The molecule has 3 aliphatic rings. The lowest BCUT2D eigenvalue weighted by atomic mass is 9.83. The zero-order valence-electron chi connectivity index (χ0n) is 28.1. The summed E-state index contributed by atoms with van der Waals surface area (Å²) in [5.41, 5.74) is 5.18. The van der Waals surface area contributed by atoms with Crippen LogP contribution in [0, 0.1) is 5.92 Å². The number of aliphatic carboxylic acids is 1. The summed E-state index contributed by atoms with van der Waals surface area (Å²) in [5, 5.41) is 10.7. The number of aryl methyl sites for hydroxylation is 1. The number of carboxylic acid groups (broad SMARTS) is 1.